The number of halogens is 2. The second kappa shape index (κ2) is 9.41. The van der Waals surface area contributed by atoms with Gasteiger partial charge in [0.2, 0.25) is 11.8 Å². The van der Waals surface area contributed by atoms with Crippen LogP contribution < -0.4 is 19.7 Å². The molecule has 3 aromatic rings. The molecule has 7 nitrogen and oxygen atoms in total. The van der Waals surface area contributed by atoms with Gasteiger partial charge in [-0.25, -0.2) is 8.78 Å². The zero-order chi connectivity index (χ0) is 27.2. The first-order valence-corrected chi connectivity index (χ1v) is 11.9. The summed E-state index contributed by atoms with van der Waals surface area (Å²) < 4.78 is 40.7. The van der Waals surface area contributed by atoms with Crippen LogP contribution in [0.2, 0.25) is 0 Å². The summed E-state index contributed by atoms with van der Waals surface area (Å²) in [4.78, 5) is 31.3. The van der Waals surface area contributed by atoms with E-state index in [4.69, 9.17) is 9.47 Å². The summed E-state index contributed by atoms with van der Waals surface area (Å²) in [6.07, 6.45) is 5.51. The van der Waals surface area contributed by atoms with Crippen molar-refractivity contribution in [2.75, 3.05) is 24.4 Å². The van der Waals surface area contributed by atoms with Crippen LogP contribution in [0.4, 0.5) is 20.2 Å². The number of nitrogens with one attached hydrogen (secondary N) is 1. The van der Waals surface area contributed by atoms with E-state index in [1.807, 2.05) is 18.2 Å². The summed E-state index contributed by atoms with van der Waals surface area (Å²) in [5, 5.41) is 2.76. The van der Waals surface area contributed by atoms with Crippen molar-refractivity contribution in [2.45, 2.75) is 24.8 Å². The van der Waals surface area contributed by atoms with E-state index in [0.717, 1.165) is 27.7 Å². The largest absolute Gasteiger partial charge is 0.493 e. The van der Waals surface area contributed by atoms with Crippen LogP contribution in [-0.4, -0.2) is 31.0 Å². The van der Waals surface area contributed by atoms with Gasteiger partial charge in [-0.05, 0) is 47.7 Å². The van der Waals surface area contributed by atoms with E-state index in [9.17, 15) is 9.59 Å². The van der Waals surface area contributed by atoms with Gasteiger partial charge in [0, 0.05) is 23.5 Å². The number of carbonyl (C=O) groups is 2. The highest BCUT2D eigenvalue weighted by atomic mass is 19.1. The van der Waals surface area contributed by atoms with Crippen LogP contribution in [0.25, 0.3) is 17.3 Å². The summed E-state index contributed by atoms with van der Waals surface area (Å²) in [5.74, 6) is -3.15. The van der Waals surface area contributed by atoms with E-state index in [-0.39, 0.29) is 24.0 Å². The molecule has 9 heteroatoms. The minimum Gasteiger partial charge on any atom is -0.493 e. The zero-order valence-corrected chi connectivity index (χ0v) is 20.9. The number of hydrogen-bond acceptors (Lipinski definition) is 5. The van der Waals surface area contributed by atoms with E-state index < -0.39 is 28.6 Å². The van der Waals surface area contributed by atoms with Crippen molar-refractivity contribution in [2.24, 2.45) is 0 Å². The molecule has 5 rings (SSSR count). The highest BCUT2D eigenvalue weighted by Gasteiger charge is 2.57. The lowest BCUT2D eigenvalue weighted by Crippen LogP contribution is -2.45. The molecular weight excluding hydrogens is 492 g/mol. The molecule has 1 aromatic heterocycles. The Morgan fingerprint density at radius 3 is 2.37 bits per heavy atom. The fraction of sp³-hybridized carbons (Fsp3) is 0.207. The van der Waals surface area contributed by atoms with Gasteiger partial charge in [-0.2, -0.15) is 0 Å². The van der Waals surface area contributed by atoms with E-state index in [1.165, 1.54) is 20.3 Å². The Morgan fingerprint density at radius 1 is 1.11 bits per heavy atom. The van der Waals surface area contributed by atoms with Gasteiger partial charge in [-0.15, -0.1) is 0 Å². The number of rotatable bonds is 7. The Labute approximate surface area is 218 Å². The topological polar surface area (TPSA) is 80.8 Å². The summed E-state index contributed by atoms with van der Waals surface area (Å²) in [6, 6.07) is 8.39. The summed E-state index contributed by atoms with van der Waals surface area (Å²) in [7, 11) is 2.52. The maximum atomic E-state index is 15.3. The summed E-state index contributed by atoms with van der Waals surface area (Å²) in [5.41, 5.74) is 2.65. The zero-order valence-electron chi connectivity index (χ0n) is 20.9. The molecule has 0 saturated heterocycles. The number of fused-ring (bicyclic) bond motifs is 2. The Kier molecular flexibility index (Phi) is 6.22. The Hall–Kier alpha value is -4.53. The van der Waals surface area contributed by atoms with Gasteiger partial charge < -0.3 is 19.7 Å². The second-order valence-corrected chi connectivity index (χ2v) is 9.16. The van der Waals surface area contributed by atoms with Crippen LogP contribution in [0.5, 0.6) is 11.5 Å². The first kappa shape index (κ1) is 25.1. The fourth-order valence-electron chi connectivity index (χ4n) is 4.91. The predicted octanol–water partition coefficient (Wildman–Crippen LogP) is 5.39. The van der Waals surface area contributed by atoms with E-state index >= 15 is 8.78 Å². The Balaban J connectivity index is 1.58. The average Bonchev–Trinajstić information content (AvgIpc) is 3.73. The minimum absolute atomic E-state index is 0.0661. The molecule has 2 aliphatic rings. The third-order valence-electron chi connectivity index (χ3n) is 7.07. The first-order valence-electron chi connectivity index (χ1n) is 11.9. The highest BCUT2D eigenvalue weighted by Crippen LogP contribution is 2.55. The number of amides is 2. The van der Waals surface area contributed by atoms with Crippen molar-refractivity contribution >= 4 is 29.3 Å². The summed E-state index contributed by atoms with van der Waals surface area (Å²) >= 11 is 0. The molecule has 1 fully saturated rings. The number of ether oxygens (including phenoxy) is 2. The van der Waals surface area contributed by atoms with Crippen molar-refractivity contribution in [1.29, 1.82) is 0 Å². The van der Waals surface area contributed by atoms with E-state index in [0.29, 0.717) is 29.8 Å². The molecule has 0 atom stereocenters. The highest BCUT2D eigenvalue weighted by molar-refractivity contribution is 6.06. The molecule has 1 aliphatic heterocycles. The molecule has 1 spiro atoms. The second-order valence-electron chi connectivity index (χ2n) is 9.16. The van der Waals surface area contributed by atoms with Crippen LogP contribution >= 0.6 is 0 Å². The lowest BCUT2D eigenvalue weighted by Gasteiger charge is -2.35. The molecule has 1 N–H and O–H groups in total. The average molecular weight is 518 g/mol. The smallest absolute Gasteiger partial charge is 0.247 e. The van der Waals surface area contributed by atoms with Crippen LogP contribution in [0.1, 0.15) is 29.5 Å². The Morgan fingerprint density at radius 2 is 1.79 bits per heavy atom. The first-order chi connectivity index (χ1) is 18.3. The van der Waals surface area contributed by atoms with Gasteiger partial charge in [0.15, 0.2) is 23.1 Å². The molecule has 1 aliphatic carbocycles. The van der Waals surface area contributed by atoms with Gasteiger partial charge >= 0.3 is 0 Å². The van der Waals surface area contributed by atoms with Gasteiger partial charge in [0.25, 0.3) is 0 Å². The number of benzene rings is 2. The fourth-order valence-corrected chi connectivity index (χ4v) is 4.91. The lowest BCUT2D eigenvalue weighted by atomic mass is 9.85. The molecule has 2 amide bonds. The number of hydrogen-bond donors (Lipinski definition) is 1. The van der Waals surface area contributed by atoms with Crippen LogP contribution in [0, 0.1) is 11.6 Å². The third-order valence-corrected chi connectivity index (χ3v) is 7.07. The normalized spacial score (nSPS) is 15.1. The Bertz CT molecular complexity index is 1490. The van der Waals surface area contributed by atoms with Crippen molar-refractivity contribution in [3.8, 4) is 22.8 Å². The molecule has 0 radical (unpaired) electrons. The number of aromatic nitrogens is 1. The molecule has 0 bridgehead atoms. The SMILES string of the molecule is C=CC(=O)Nc1cc(-c2cc3c(cn2)CN(c2c(F)c(OC)cc(OC)c2F)C(=O)C32CC2)ccc1C=C. The van der Waals surface area contributed by atoms with Gasteiger partial charge in [0.1, 0.15) is 5.69 Å². The van der Waals surface area contributed by atoms with Crippen LogP contribution in [-0.2, 0) is 21.5 Å². The molecular formula is C29H25F2N3O4. The molecule has 2 aromatic carbocycles. The standard InChI is InChI=1S/C29H25F2N3O4/c1-5-16-7-8-17(11-21(16)33-24(35)6-2)20-12-19-18(14-32-20)15-34(28(36)29(19)9-10-29)27-25(30)22(37-3)13-23(38-4)26(27)31/h5-8,11-14H,1-2,9-10,15H2,3-4H3,(H,33,35). The maximum Gasteiger partial charge on any atom is 0.247 e. The van der Waals surface area contributed by atoms with E-state index in [1.54, 1.807) is 18.3 Å². The van der Waals surface area contributed by atoms with Crippen molar-refractivity contribution in [3.05, 3.63) is 84.1 Å². The maximum absolute atomic E-state index is 15.3. The van der Waals surface area contributed by atoms with Crippen molar-refractivity contribution < 1.29 is 27.8 Å². The number of carbonyl (C=O) groups excluding carboxylic acids is 2. The summed E-state index contributed by atoms with van der Waals surface area (Å²) in [6.45, 7) is 7.20. The van der Waals surface area contributed by atoms with Gasteiger partial charge in [-0.3, -0.25) is 14.6 Å². The van der Waals surface area contributed by atoms with Crippen LogP contribution in [0.15, 0.2) is 55.8 Å². The quantitative estimate of drug-likeness (QED) is 0.425. The molecule has 1 saturated carbocycles. The van der Waals surface area contributed by atoms with Crippen LogP contribution in [0.3, 0.4) is 0 Å². The predicted molar refractivity (Wildman–Crippen MR) is 140 cm³/mol. The van der Waals surface area contributed by atoms with Crippen molar-refractivity contribution in [3.63, 3.8) is 0 Å². The monoisotopic (exact) mass is 517 g/mol. The number of pyridine rings is 1. The molecule has 0 unspecified atom stereocenters. The van der Waals surface area contributed by atoms with Gasteiger partial charge in [-0.1, -0.05) is 31.4 Å². The minimum atomic E-state index is -0.973. The van der Waals surface area contributed by atoms with E-state index in [2.05, 4.69) is 23.5 Å². The molecule has 194 valence electrons. The number of methoxy groups -OCH3 is 2. The lowest BCUT2D eigenvalue weighted by molar-refractivity contribution is -0.121. The molecule has 2 heterocycles. The molecule has 38 heavy (non-hydrogen) atoms. The van der Waals surface area contributed by atoms with Crippen molar-refractivity contribution in [1.82, 2.24) is 4.98 Å². The number of anilines is 2. The van der Waals surface area contributed by atoms with Gasteiger partial charge in [0.05, 0.1) is 31.9 Å². The number of nitrogens with zero attached hydrogens (tertiary/aromatic N) is 2. The third kappa shape index (κ3) is 3.91.